The van der Waals surface area contributed by atoms with E-state index in [2.05, 4.69) is 40.4 Å². The summed E-state index contributed by atoms with van der Waals surface area (Å²) < 4.78 is 0. The Bertz CT molecular complexity index is 338. The zero-order valence-electron chi connectivity index (χ0n) is 15.4. The van der Waals surface area contributed by atoms with Crippen LogP contribution in [0.5, 0.6) is 0 Å². The molecule has 0 bridgehead atoms. The SMILES string of the molecule is CCN(CC)CCCCNC(=NC)NCCC1=CCCCC1.I. The van der Waals surface area contributed by atoms with E-state index in [0.717, 1.165) is 38.6 Å². The van der Waals surface area contributed by atoms with Crippen molar-refractivity contribution in [2.75, 3.05) is 39.8 Å². The molecule has 1 aliphatic rings. The standard InChI is InChI=1S/C18H36N4.HI/c1-4-22(5-2)16-10-9-14-20-18(19-3)21-15-13-17-11-7-6-8-12-17;/h11H,4-10,12-16H2,1-3H3,(H2,19,20,21);1H. The minimum atomic E-state index is 0. The number of unbranched alkanes of at least 4 members (excludes halogenated alkanes) is 1. The summed E-state index contributed by atoms with van der Waals surface area (Å²) in [5, 5.41) is 6.84. The fourth-order valence-corrected chi connectivity index (χ4v) is 2.90. The lowest BCUT2D eigenvalue weighted by atomic mass is 9.97. The van der Waals surface area contributed by atoms with E-state index in [9.17, 15) is 0 Å². The van der Waals surface area contributed by atoms with Crippen LogP contribution in [0.1, 0.15) is 58.8 Å². The van der Waals surface area contributed by atoms with Gasteiger partial charge >= 0.3 is 0 Å². The maximum absolute atomic E-state index is 4.30. The average molecular weight is 436 g/mol. The molecule has 4 nitrogen and oxygen atoms in total. The van der Waals surface area contributed by atoms with Gasteiger partial charge in [0.1, 0.15) is 0 Å². The second kappa shape index (κ2) is 15.2. The molecule has 0 aliphatic heterocycles. The van der Waals surface area contributed by atoms with E-state index in [4.69, 9.17) is 0 Å². The van der Waals surface area contributed by atoms with Crippen LogP contribution in [0.25, 0.3) is 0 Å². The van der Waals surface area contributed by atoms with Gasteiger partial charge in [0, 0.05) is 20.1 Å². The highest BCUT2D eigenvalue weighted by Crippen LogP contribution is 2.19. The minimum Gasteiger partial charge on any atom is -0.356 e. The van der Waals surface area contributed by atoms with Crippen molar-refractivity contribution >= 4 is 29.9 Å². The van der Waals surface area contributed by atoms with Crippen LogP contribution in [0, 0.1) is 0 Å². The Hall–Kier alpha value is -0.300. The van der Waals surface area contributed by atoms with Crippen molar-refractivity contribution in [2.45, 2.75) is 58.8 Å². The highest BCUT2D eigenvalue weighted by molar-refractivity contribution is 14.0. The molecule has 0 fully saturated rings. The fraction of sp³-hybridized carbons (Fsp3) is 0.833. The molecule has 0 atom stereocenters. The van der Waals surface area contributed by atoms with Gasteiger partial charge in [0.25, 0.3) is 0 Å². The number of guanidine groups is 1. The summed E-state index contributed by atoms with van der Waals surface area (Å²) in [5.74, 6) is 0.944. The maximum Gasteiger partial charge on any atom is 0.190 e. The first-order valence-electron chi connectivity index (χ1n) is 9.14. The van der Waals surface area contributed by atoms with Crippen molar-refractivity contribution in [1.29, 1.82) is 0 Å². The van der Waals surface area contributed by atoms with Gasteiger partial charge < -0.3 is 15.5 Å². The Labute approximate surface area is 160 Å². The Kier molecular flexibility index (Phi) is 15.0. The summed E-state index contributed by atoms with van der Waals surface area (Å²) in [6.07, 6.45) is 11.3. The molecular weight excluding hydrogens is 399 g/mol. The normalized spacial score (nSPS) is 15.1. The Morgan fingerprint density at radius 1 is 1.13 bits per heavy atom. The fourth-order valence-electron chi connectivity index (χ4n) is 2.90. The van der Waals surface area contributed by atoms with Crippen molar-refractivity contribution in [1.82, 2.24) is 15.5 Å². The third-order valence-electron chi connectivity index (χ3n) is 4.44. The zero-order valence-corrected chi connectivity index (χ0v) is 17.7. The lowest BCUT2D eigenvalue weighted by molar-refractivity contribution is 0.297. The molecule has 0 radical (unpaired) electrons. The largest absolute Gasteiger partial charge is 0.356 e. The number of hydrogen-bond donors (Lipinski definition) is 2. The van der Waals surface area contributed by atoms with Gasteiger partial charge in [-0.2, -0.15) is 0 Å². The molecule has 5 heteroatoms. The molecule has 136 valence electrons. The number of hydrogen-bond acceptors (Lipinski definition) is 2. The van der Waals surface area contributed by atoms with Gasteiger partial charge in [-0.05, 0) is 64.6 Å². The predicted molar refractivity (Wildman–Crippen MR) is 113 cm³/mol. The summed E-state index contributed by atoms with van der Waals surface area (Å²) in [6, 6.07) is 0. The van der Waals surface area contributed by atoms with Crippen molar-refractivity contribution < 1.29 is 0 Å². The van der Waals surface area contributed by atoms with Crippen LogP contribution in [-0.4, -0.2) is 50.6 Å². The molecule has 0 aromatic rings. The third kappa shape index (κ3) is 11.0. The summed E-state index contributed by atoms with van der Waals surface area (Å²) in [5.41, 5.74) is 1.62. The number of nitrogens with one attached hydrogen (secondary N) is 2. The highest BCUT2D eigenvalue weighted by Gasteiger charge is 2.04. The molecule has 23 heavy (non-hydrogen) atoms. The number of rotatable bonds is 10. The Morgan fingerprint density at radius 2 is 1.87 bits per heavy atom. The Balaban J connectivity index is 0.00000484. The lowest BCUT2D eigenvalue weighted by Gasteiger charge is -2.18. The first kappa shape index (κ1) is 22.7. The van der Waals surface area contributed by atoms with E-state index in [1.54, 1.807) is 5.57 Å². The van der Waals surface area contributed by atoms with Crippen LogP contribution >= 0.6 is 24.0 Å². The highest BCUT2D eigenvalue weighted by atomic mass is 127. The second-order valence-corrected chi connectivity index (χ2v) is 6.02. The monoisotopic (exact) mass is 436 g/mol. The molecule has 0 saturated heterocycles. The number of halogens is 1. The molecule has 0 amide bonds. The molecule has 0 saturated carbocycles. The Morgan fingerprint density at radius 3 is 2.48 bits per heavy atom. The van der Waals surface area contributed by atoms with E-state index >= 15 is 0 Å². The summed E-state index contributed by atoms with van der Waals surface area (Å²) in [4.78, 5) is 6.78. The summed E-state index contributed by atoms with van der Waals surface area (Å²) in [7, 11) is 1.85. The number of nitrogens with zero attached hydrogens (tertiary/aromatic N) is 2. The van der Waals surface area contributed by atoms with Crippen molar-refractivity contribution in [3.63, 3.8) is 0 Å². The van der Waals surface area contributed by atoms with Crippen molar-refractivity contribution in [2.24, 2.45) is 4.99 Å². The van der Waals surface area contributed by atoms with E-state index in [1.165, 1.54) is 45.1 Å². The van der Waals surface area contributed by atoms with Gasteiger partial charge in [-0.15, -0.1) is 24.0 Å². The van der Waals surface area contributed by atoms with E-state index in [0.29, 0.717) is 0 Å². The molecule has 2 N–H and O–H groups in total. The minimum absolute atomic E-state index is 0. The molecule has 1 aliphatic carbocycles. The van der Waals surface area contributed by atoms with Crippen LogP contribution in [0.15, 0.2) is 16.6 Å². The molecule has 0 spiro atoms. The molecule has 0 heterocycles. The average Bonchev–Trinajstić information content (AvgIpc) is 2.57. The first-order chi connectivity index (χ1) is 10.8. The van der Waals surface area contributed by atoms with Crippen LogP contribution in [-0.2, 0) is 0 Å². The molecular formula is C18H37IN4. The first-order valence-corrected chi connectivity index (χ1v) is 9.14. The maximum atomic E-state index is 4.30. The van der Waals surface area contributed by atoms with E-state index < -0.39 is 0 Å². The van der Waals surface area contributed by atoms with Gasteiger partial charge in [0.2, 0.25) is 0 Å². The molecule has 0 aromatic heterocycles. The van der Waals surface area contributed by atoms with Crippen molar-refractivity contribution in [3.05, 3.63) is 11.6 Å². The van der Waals surface area contributed by atoms with Gasteiger partial charge in [-0.3, -0.25) is 4.99 Å². The summed E-state index contributed by atoms with van der Waals surface area (Å²) in [6.45, 7) is 9.97. The van der Waals surface area contributed by atoms with Crippen LogP contribution < -0.4 is 10.6 Å². The van der Waals surface area contributed by atoms with Crippen LogP contribution in [0.3, 0.4) is 0 Å². The predicted octanol–water partition coefficient (Wildman–Crippen LogP) is 3.78. The van der Waals surface area contributed by atoms with Crippen molar-refractivity contribution in [3.8, 4) is 0 Å². The third-order valence-corrected chi connectivity index (χ3v) is 4.44. The lowest BCUT2D eigenvalue weighted by Crippen LogP contribution is -2.38. The van der Waals surface area contributed by atoms with Crippen LogP contribution in [0.2, 0.25) is 0 Å². The van der Waals surface area contributed by atoms with E-state index in [-0.39, 0.29) is 24.0 Å². The van der Waals surface area contributed by atoms with E-state index in [1.807, 2.05) is 7.05 Å². The molecule has 1 rings (SSSR count). The molecule has 0 aromatic carbocycles. The second-order valence-electron chi connectivity index (χ2n) is 6.02. The van der Waals surface area contributed by atoms with Gasteiger partial charge in [0.15, 0.2) is 5.96 Å². The number of allylic oxidation sites excluding steroid dienone is 1. The summed E-state index contributed by atoms with van der Waals surface area (Å²) >= 11 is 0. The van der Waals surface area contributed by atoms with Gasteiger partial charge in [0.05, 0.1) is 0 Å². The van der Waals surface area contributed by atoms with Gasteiger partial charge in [-0.25, -0.2) is 0 Å². The molecule has 0 unspecified atom stereocenters. The zero-order chi connectivity index (χ0) is 16.0. The van der Waals surface area contributed by atoms with Gasteiger partial charge in [-0.1, -0.05) is 25.5 Å². The quantitative estimate of drug-likeness (QED) is 0.180. The smallest absolute Gasteiger partial charge is 0.190 e. The topological polar surface area (TPSA) is 39.7 Å². The van der Waals surface area contributed by atoms with Crippen LogP contribution in [0.4, 0.5) is 0 Å². The number of aliphatic imine (C=N–C) groups is 1.